The van der Waals surface area contributed by atoms with Crippen LogP contribution >= 0.6 is 22.9 Å². The quantitative estimate of drug-likeness (QED) is 0.635. The van der Waals surface area contributed by atoms with Crippen molar-refractivity contribution >= 4 is 28.8 Å². The Labute approximate surface area is 89.8 Å². The van der Waals surface area contributed by atoms with Gasteiger partial charge >= 0.3 is 5.97 Å². The molecule has 1 heterocycles. The van der Waals surface area contributed by atoms with Crippen LogP contribution in [0.1, 0.15) is 5.69 Å². The van der Waals surface area contributed by atoms with Gasteiger partial charge in [0.1, 0.15) is 12.4 Å². The second-order valence-electron chi connectivity index (χ2n) is 2.53. The Morgan fingerprint density at radius 2 is 2.62 bits per heavy atom. The van der Waals surface area contributed by atoms with Gasteiger partial charge in [-0.1, -0.05) is 0 Å². The molecule has 0 aliphatic carbocycles. The molecule has 0 fully saturated rings. The van der Waals surface area contributed by atoms with Crippen molar-refractivity contribution in [2.75, 3.05) is 7.11 Å². The van der Waals surface area contributed by atoms with Crippen molar-refractivity contribution in [3.8, 4) is 0 Å². The van der Waals surface area contributed by atoms with E-state index in [0.717, 1.165) is 5.69 Å². The Bertz CT molecular complexity index is 300. The molecule has 0 aliphatic heterocycles. The fraction of sp³-hybridized carbons (Fsp3) is 0.429. The zero-order valence-electron chi connectivity index (χ0n) is 7.11. The highest BCUT2D eigenvalue weighted by Gasteiger charge is 2.15. The van der Waals surface area contributed by atoms with Gasteiger partial charge in [0.25, 0.3) is 0 Å². The van der Waals surface area contributed by atoms with Crippen LogP contribution in [0.5, 0.6) is 0 Å². The lowest BCUT2D eigenvalue weighted by atomic mass is 10.2. The Kier molecular flexibility index (Phi) is 3.67. The molecule has 1 atom stereocenters. The van der Waals surface area contributed by atoms with Crippen LogP contribution in [0, 0.1) is 0 Å². The van der Waals surface area contributed by atoms with Crippen LogP contribution in [-0.2, 0) is 16.0 Å². The number of hydrogen-bond acceptors (Lipinski definition) is 4. The van der Waals surface area contributed by atoms with E-state index in [4.69, 9.17) is 5.73 Å². The monoisotopic (exact) mass is 295 g/mol. The van der Waals surface area contributed by atoms with Crippen molar-refractivity contribution in [2.24, 2.45) is 5.73 Å². The van der Waals surface area contributed by atoms with Gasteiger partial charge in [-0.3, -0.25) is 7.58 Å². The number of halogens is 1. The molecule has 0 aromatic carbocycles. The first-order valence-electron chi connectivity index (χ1n) is 3.66. The minimum Gasteiger partial charge on any atom is -0.468 e. The first kappa shape index (κ1) is 10.5. The van der Waals surface area contributed by atoms with Crippen molar-refractivity contribution < 1.29 is 9.53 Å². The molecule has 1 unspecified atom stereocenters. The zero-order chi connectivity index (χ0) is 9.84. The van der Waals surface area contributed by atoms with Gasteiger partial charge in [0.15, 0.2) is 0 Å². The molecule has 0 aliphatic rings. The largest absolute Gasteiger partial charge is 0.468 e. The predicted octanol–water partition coefficient (Wildman–Crippen LogP) is 0.124. The van der Waals surface area contributed by atoms with Gasteiger partial charge in [-0.15, -0.1) is 0 Å². The smallest absolute Gasteiger partial charge is 0.323 e. The summed E-state index contributed by atoms with van der Waals surface area (Å²) in [6.45, 7) is 0. The Morgan fingerprint density at radius 1 is 1.92 bits per heavy atom. The first-order valence-corrected chi connectivity index (χ1v) is 4.62. The molecule has 6 heteroatoms. The number of carbonyl (C=O) groups is 1. The third-order valence-corrected chi connectivity index (χ3v) is 2.47. The summed E-state index contributed by atoms with van der Waals surface area (Å²) in [5.74, 6) is -0.405. The van der Waals surface area contributed by atoms with E-state index < -0.39 is 12.0 Å². The fourth-order valence-electron chi connectivity index (χ4n) is 0.907. The molecule has 0 bridgehead atoms. The van der Waals surface area contributed by atoms with Crippen molar-refractivity contribution in [1.29, 1.82) is 0 Å². The van der Waals surface area contributed by atoms with Crippen LogP contribution in [0.15, 0.2) is 12.5 Å². The van der Waals surface area contributed by atoms with Crippen molar-refractivity contribution in [1.82, 2.24) is 7.76 Å². The summed E-state index contributed by atoms with van der Waals surface area (Å²) in [7, 11) is 1.32. The van der Waals surface area contributed by atoms with Crippen molar-refractivity contribution in [3.05, 3.63) is 18.2 Å². The normalized spacial score (nSPS) is 12.5. The lowest BCUT2D eigenvalue weighted by Crippen LogP contribution is -2.33. The van der Waals surface area contributed by atoms with E-state index >= 15 is 0 Å². The molecule has 0 amide bonds. The number of nitrogens with two attached hydrogens (primary N) is 1. The van der Waals surface area contributed by atoms with E-state index in [1.807, 2.05) is 0 Å². The molecule has 13 heavy (non-hydrogen) atoms. The number of imidazole rings is 1. The highest BCUT2D eigenvalue weighted by atomic mass is 127. The SMILES string of the molecule is COC(=O)C(N)Cc1cncn1I. The van der Waals surface area contributed by atoms with Crippen LogP contribution < -0.4 is 5.73 Å². The third-order valence-electron chi connectivity index (χ3n) is 1.60. The summed E-state index contributed by atoms with van der Waals surface area (Å²) in [6.07, 6.45) is 3.77. The summed E-state index contributed by atoms with van der Waals surface area (Å²) >= 11 is 2.07. The highest BCUT2D eigenvalue weighted by Crippen LogP contribution is 2.06. The fourth-order valence-corrected chi connectivity index (χ4v) is 1.37. The topological polar surface area (TPSA) is 70.1 Å². The molecular weight excluding hydrogens is 285 g/mol. The summed E-state index contributed by atoms with van der Waals surface area (Å²) in [6, 6.07) is -0.616. The minimum atomic E-state index is -0.616. The van der Waals surface area contributed by atoms with Crippen LogP contribution in [0.2, 0.25) is 0 Å². The Hall–Kier alpha value is -0.630. The van der Waals surface area contributed by atoms with Gasteiger partial charge in [-0.05, 0) is 0 Å². The Balaban J connectivity index is 2.59. The number of methoxy groups -OCH3 is 1. The lowest BCUT2D eigenvalue weighted by molar-refractivity contribution is -0.142. The van der Waals surface area contributed by atoms with Gasteiger partial charge in [0, 0.05) is 18.3 Å². The number of nitrogens with zero attached hydrogens (tertiary/aromatic N) is 2. The number of carbonyl (C=O) groups excluding carboxylic acids is 1. The molecule has 2 N–H and O–H groups in total. The molecule has 0 radical (unpaired) electrons. The number of ether oxygens (including phenoxy) is 1. The van der Waals surface area contributed by atoms with E-state index in [1.54, 1.807) is 15.3 Å². The third kappa shape index (κ3) is 2.66. The van der Waals surface area contributed by atoms with Crippen LogP contribution in [0.3, 0.4) is 0 Å². The van der Waals surface area contributed by atoms with E-state index in [-0.39, 0.29) is 0 Å². The molecule has 0 spiro atoms. The Morgan fingerprint density at radius 3 is 3.08 bits per heavy atom. The van der Waals surface area contributed by atoms with Gasteiger partial charge in [-0.2, -0.15) is 0 Å². The number of hydrogen-bond donors (Lipinski definition) is 1. The summed E-state index contributed by atoms with van der Waals surface area (Å²) in [5, 5.41) is 0. The first-order chi connectivity index (χ1) is 6.15. The summed E-state index contributed by atoms with van der Waals surface area (Å²) in [4.78, 5) is 14.9. The van der Waals surface area contributed by atoms with Crippen molar-refractivity contribution in [3.63, 3.8) is 0 Å². The lowest BCUT2D eigenvalue weighted by Gasteiger charge is -2.07. The van der Waals surface area contributed by atoms with Crippen LogP contribution in [0.4, 0.5) is 0 Å². The minimum absolute atomic E-state index is 0.405. The van der Waals surface area contributed by atoms with Gasteiger partial charge < -0.3 is 10.5 Å². The van der Waals surface area contributed by atoms with E-state index in [0.29, 0.717) is 6.42 Å². The summed E-state index contributed by atoms with van der Waals surface area (Å²) < 4.78 is 6.30. The molecule has 1 aromatic heterocycles. The van der Waals surface area contributed by atoms with Crippen LogP contribution in [0.25, 0.3) is 0 Å². The molecule has 1 aromatic rings. The summed E-state index contributed by atoms with van der Waals surface area (Å²) in [5.41, 5.74) is 6.47. The van der Waals surface area contributed by atoms with Gasteiger partial charge in [0.2, 0.25) is 0 Å². The maximum atomic E-state index is 11.0. The standard InChI is InChI=1S/C7H10IN3O2/c1-13-7(12)6(9)2-5-3-10-4-11(5)8/h3-4,6H,2,9H2,1H3. The molecule has 72 valence electrons. The maximum absolute atomic E-state index is 11.0. The zero-order valence-corrected chi connectivity index (χ0v) is 9.26. The number of aromatic nitrogens is 2. The van der Waals surface area contributed by atoms with Gasteiger partial charge in [-0.25, -0.2) is 4.98 Å². The molecule has 0 saturated carbocycles. The average Bonchev–Trinajstić information content (AvgIpc) is 2.50. The van der Waals surface area contributed by atoms with E-state index in [9.17, 15) is 4.79 Å². The predicted molar refractivity (Wildman–Crippen MR) is 55.3 cm³/mol. The molecule has 5 nitrogen and oxygen atoms in total. The molecule has 0 saturated heterocycles. The van der Waals surface area contributed by atoms with E-state index in [2.05, 4.69) is 32.6 Å². The molecular formula is C7H10IN3O2. The highest BCUT2D eigenvalue weighted by molar-refractivity contribution is 14.1. The number of rotatable bonds is 3. The second kappa shape index (κ2) is 4.56. The maximum Gasteiger partial charge on any atom is 0.323 e. The molecule has 1 rings (SSSR count). The average molecular weight is 295 g/mol. The number of esters is 1. The van der Waals surface area contributed by atoms with Crippen LogP contribution in [-0.4, -0.2) is 26.9 Å². The second-order valence-corrected chi connectivity index (χ2v) is 3.57. The van der Waals surface area contributed by atoms with E-state index in [1.165, 1.54) is 7.11 Å². The van der Waals surface area contributed by atoms with Gasteiger partial charge in [0.05, 0.1) is 30.0 Å². The van der Waals surface area contributed by atoms with Crippen molar-refractivity contribution in [2.45, 2.75) is 12.5 Å².